The van der Waals surface area contributed by atoms with Gasteiger partial charge < -0.3 is 4.42 Å². The van der Waals surface area contributed by atoms with Gasteiger partial charge in [-0.2, -0.15) is 0 Å². The lowest BCUT2D eigenvalue weighted by atomic mass is 10.1. The molecule has 0 atom stereocenters. The van der Waals surface area contributed by atoms with Crippen molar-refractivity contribution in [1.82, 2.24) is 4.98 Å². The zero-order valence-electron chi connectivity index (χ0n) is 9.26. The minimum absolute atomic E-state index is 0.133. The van der Waals surface area contributed by atoms with Crippen molar-refractivity contribution < 1.29 is 9.21 Å². The molecule has 0 unspecified atom stereocenters. The van der Waals surface area contributed by atoms with Gasteiger partial charge in [0.05, 0.1) is 5.52 Å². The molecule has 3 nitrogen and oxygen atoms in total. The first-order valence-electron chi connectivity index (χ1n) is 5.39. The molecule has 0 aliphatic rings. The topological polar surface area (TPSA) is 43.1 Å². The van der Waals surface area contributed by atoms with Crippen molar-refractivity contribution in [3.63, 3.8) is 0 Å². The van der Waals surface area contributed by atoms with Crippen LogP contribution < -0.4 is 0 Å². The van der Waals surface area contributed by atoms with Gasteiger partial charge in [0, 0.05) is 17.1 Å². The molecule has 2 aromatic heterocycles. The molecule has 0 saturated heterocycles. The van der Waals surface area contributed by atoms with Crippen LogP contribution in [0, 0.1) is 0 Å². The molecule has 0 N–H and O–H groups in total. The van der Waals surface area contributed by atoms with E-state index in [-0.39, 0.29) is 5.78 Å². The van der Waals surface area contributed by atoms with Gasteiger partial charge in [0.2, 0.25) is 5.78 Å². The summed E-state index contributed by atoms with van der Waals surface area (Å²) in [5.41, 5.74) is 1.46. The highest BCUT2D eigenvalue weighted by Gasteiger charge is 2.13. The number of hydrogen-bond acceptors (Lipinski definition) is 3. The van der Waals surface area contributed by atoms with Crippen LogP contribution in [-0.4, -0.2) is 10.8 Å². The largest absolute Gasteiger partial charge is 0.446 e. The molecule has 18 heavy (non-hydrogen) atoms. The number of pyridine rings is 1. The molecule has 0 radical (unpaired) electrons. The Labute approximate surface area is 112 Å². The number of aromatic nitrogens is 1. The van der Waals surface area contributed by atoms with E-state index >= 15 is 0 Å². The molecule has 0 saturated carbocycles. The van der Waals surface area contributed by atoms with E-state index in [2.05, 4.69) is 20.9 Å². The molecule has 0 fully saturated rings. The van der Waals surface area contributed by atoms with Crippen molar-refractivity contribution in [1.29, 1.82) is 0 Å². The van der Waals surface area contributed by atoms with E-state index < -0.39 is 0 Å². The normalized spacial score (nSPS) is 10.7. The number of fused-ring (bicyclic) bond motifs is 1. The van der Waals surface area contributed by atoms with Crippen molar-refractivity contribution >= 4 is 32.6 Å². The molecule has 0 aliphatic carbocycles. The lowest BCUT2D eigenvalue weighted by Gasteiger charge is -2.00. The van der Waals surface area contributed by atoms with E-state index in [9.17, 15) is 4.79 Å². The Morgan fingerprint density at radius 3 is 2.83 bits per heavy atom. The van der Waals surface area contributed by atoms with Crippen LogP contribution in [-0.2, 0) is 0 Å². The third-order valence-electron chi connectivity index (χ3n) is 2.66. The van der Waals surface area contributed by atoms with Crippen LogP contribution in [0.5, 0.6) is 0 Å². The average molecular weight is 302 g/mol. The fraction of sp³-hybridized carbons (Fsp3) is 0. The molecular weight excluding hydrogens is 294 g/mol. The summed E-state index contributed by atoms with van der Waals surface area (Å²) in [5, 5.41) is 0.939. The molecule has 0 spiro atoms. The molecule has 0 aliphatic heterocycles. The molecule has 88 valence electrons. The number of carbonyl (C=O) groups is 1. The minimum Gasteiger partial charge on any atom is -0.446 e. The number of carbonyl (C=O) groups excluding carboxylic acids is 1. The number of benzene rings is 1. The molecule has 4 heteroatoms. The zero-order valence-corrected chi connectivity index (χ0v) is 10.8. The fourth-order valence-electron chi connectivity index (χ4n) is 1.80. The van der Waals surface area contributed by atoms with E-state index in [1.165, 1.54) is 0 Å². The van der Waals surface area contributed by atoms with Crippen molar-refractivity contribution in [2.45, 2.75) is 0 Å². The monoisotopic (exact) mass is 301 g/mol. The molecule has 3 aromatic rings. The minimum atomic E-state index is -0.133. The van der Waals surface area contributed by atoms with E-state index in [0.717, 1.165) is 10.9 Å². The van der Waals surface area contributed by atoms with Gasteiger partial charge in [0.1, 0.15) is 0 Å². The van der Waals surface area contributed by atoms with E-state index in [0.29, 0.717) is 16.0 Å². The highest BCUT2D eigenvalue weighted by Crippen LogP contribution is 2.20. The van der Waals surface area contributed by atoms with Crippen LogP contribution in [0.4, 0.5) is 0 Å². The van der Waals surface area contributed by atoms with Crippen LogP contribution in [0.15, 0.2) is 57.7 Å². The van der Waals surface area contributed by atoms with Crippen LogP contribution >= 0.6 is 15.9 Å². The van der Waals surface area contributed by atoms with Gasteiger partial charge in [-0.05, 0) is 52.3 Å². The first-order chi connectivity index (χ1) is 8.74. The highest BCUT2D eigenvalue weighted by atomic mass is 79.9. The lowest BCUT2D eigenvalue weighted by Crippen LogP contribution is -1.99. The summed E-state index contributed by atoms with van der Waals surface area (Å²) in [6.45, 7) is 0. The smallest absolute Gasteiger partial charge is 0.228 e. The van der Waals surface area contributed by atoms with E-state index in [1.807, 2.05) is 24.3 Å². The zero-order chi connectivity index (χ0) is 12.5. The number of hydrogen-bond donors (Lipinski definition) is 0. The lowest BCUT2D eigenvalue weighted by molar-refractivity contribution is 0.101. The second-order valence-corrected chi connectivity index (χ2v) is 4.63. The van der Waals surface area contributed by atoms with Gasteiger partial charge in [-0.25, -0.2) is 0 Å². The number of ketones is 1. The van der Waals surface area contributed by atoms with Crippen molar-refractivity contribution in [3.8, 4) is 0 Å². The maximum Gasteiger partial charge on any atom is 0.228 e. The summed E-state index contributed by atoms with van der Waals surface area (Å²) in [4.78, 5) is 16.4. The summed E-state index contributed by atoms with van der Waals surface area (Å²) < 4.78 is 5.81. The van der Waals surface area contributed by atoms with Gasteiger partial charge in [-0.15, -0.1) is 0 Å². The summed E-state index contributed by atoms with van der Waals surface area (Å²) in [5.74, 6) is 0.191. The third kappa shape index (κ3) is 1.95. The second kappa shape index (κ2) is 4.38. The van der Waals surface area contributed by atoms with Crippen LogP contribution in [0.1, 0.15) is 16.1 Å². The number of rotatable bonds is 2. The Bertz CT molecular complexity index is 733. The highest BCUT2D eigenvalue weighted by molar-refractivity contribution is 9.10. The quantitative estimate of drug-likeness (QED) is 0.676. The first kappa shape index (κ1) is 11.2. The van der Waals surface area contributed by atoms with Gasteiger partial charge >= 0.3 is 0 Å². The van der Waals surface area contributed by atoms with Gasteiger partial charge in [-0.1, -0.05) is 6.07 Å². The summed E-state index contributed by atoms with van der Waals surface area (Å²) in [7, 11) is 0. The standard InChI is InChI=1S/C14H8BrNO2/c15-13-6-5-12(18-13)14(17)10-3-4-11-9(8-10)2-1-7-16-11/h1-8H. The van der Waals surface area contributed by atoms with Crippen LogP contribution in [0.2, 0.25) is 0 Å². The average Bonchev–Trinajstić information content (AvgIpc) is 2.84. The fourth-order valence-corrected chi connectivity index (χ4v) is 2.10. The van der Waals surface area contributed by atoms with Crippen molar-refractivity contribution in [3.05, 3.63) is 64.7 Å². The molecule has 1 aromatic carbocycles. The summed E-state index contributed by atoms with van der Waals surface area (Å²) in [6, 6.07) is 12.5. The summed E-state index contributed by atoms with van der Waals surface area (Å²) >= 11 is 3.18. The number of nitrogens with zero attached hydrogens (tertiary/aromatic N) is 1. The molecular formula is C14H8BrNO2. The maximum atomic E-state index is 12.2. The van der Waals surface area contributed by atoms with Gasteiger partial charge in [0.25, 0.3) is 0 Å². The predicted molar refractivity (Wildman–Crippen MR) is 71.6 cm³/mol. The SMILES string of the molecule is O=C(c1ccc2ncccc2c1)c1ccc(Br)o1. The maximum absolute atomic E-state index is 12.2. The van der Waals surface area contributed by atoms with E-state index in [4.69, 9.17) is 4.42 Å². The van der Waals surface area contributed by atoms with Crippen LogP contribution in [0.3, 0.4) is 0 Å². The Morgan fingerprint density at radius 2 is 2.06 bits per heavy atom. The molecule has 0 amide bonds. The molecule has 2 heterocycles. The van der Waals surface area contributed by atoms with Gasteiger partial charge in [0.15, 0.2) is 10.4 Å². The molecule has 0 bridgehead atoms. The Hall–Kier alpha value is -1.94. The van der Waals surface area contributed by atoms with Gasteiger partial charge in [-0.3, -0.25) is 9.78 Å². The summed E-state index contributed by atoms with van der Waals surface area (Å²) in [6.07, 6.45) is 1.73. The Kier molecular flexibility index (Phi) is 2.72. The van der Waals surface area contributed by atoms with Crippen molar-refractivity contribution in [2.75, 3.05) is 0 Å². The Balaban J connectivity index is 2.06. The van der Waals surface area contributed by atoms with E-state index in [1.54, 1.807) is 24.4 Å². The first-order valence-corrected chi connectivity index (χ1v) is 6.18. The third-order valence-corrected chi connectivity index (χ3v) is 3.09. The van der Waals surface area contributed by atoms with Crippen molar-refractivity contribution in [2.24, 2.45) is 0 Å². The predicted octanol–water partition coefficient (Wildman–Crippen LogP) is 3.82. The van der Waals surface area contributed by atoms with Crippen LogP contribution in [0.25, 0.3) is 10.9 Å². The number of furan rings is 1. The second-order valence-electron chi connectivity index (χ2n) is 3.84. The number of halogens is 1. The Morgan fingerprint density at radius 1 is 1.17 bits per heavy atom. The molecule has 3 rings (SSSR count).